The summed E-state index contributed by atoms with van der Waals surface area (Å²) >= 11 is 4.75. The Morgan fingerprint density at radius 1 is 1.25 bits per heavy atom. The van der Waals surface area contributed by atoms with Gasteiger partial charge in [-0.2, -0.15) is 0 Å². The molecule has 0 aliphatic rings. The molecule has 0 heterocycles. The lowest BCUT2D eigenvalue weighted by Crippen LogP contribution is -2.06. The fraction of sp³-hybridized carbons (Fsp3) is 0.188. The molecule has 20 heavy (non-hydrogen) atoms. The number of hydrogen-bond donors (Lipinski definition) is 0. The molecule has 2 rings (SSSR count). The van der Waals surface area contributed by atoms with Gasteiger partial charge in [0, 0.05) is 15.8 Å². The lowest BCUT2D eigenvalue weighted by atomic mass is 10.1. The molecular formula is C16H14BrFOS. The molecule has 0 bridgehead atoms. The van der Waals surface area contributed by atoms with Crippen LogP contribution in [0.2, 0.25) is 0 Å². The summed E-state index contributed by atoms with van der Waals surface area (Å²) in [6.07, 6.45) is 0.259. The summed E-state index contributed by atoms with van der Waals surface area (Å²) < 4.78 is 13.9. The number of halogens is 2. The maximum atomic E-state index is 13.2. The maximum Gasteiger partial charge on any atom is 0.147 e. The van der Waals surface area contributed by atoms with Crippen molar-refractivity contribution in [3.63, 3.8) is 0 Å². The normalized spacial score (nSPS) is 10.6. The number of Topliss-reactive ketones (excluding diaryl/α,β-unsaturated/α-hetero) is 1. The SMILES string of the molecule is Cc1cccc(SCC(=O)Cc2cc(F)cc(Br)c2)c1. The van der Waals surface area contributed by atoms with Crippen LogP contribution < -0.4 is 0 Å². The average molecular weight is 353 g/mol. The van der Waals surface area contributed by atoms with Crippen molar-refractivity contribution in [2.24, 2.45) is 0 Å². The highest BCUT2D eigenvalue weighted by Crippen LogP contribution is 2.20. The standard InChI is InChI=1S/C16H14BrFOS/c1-11-3-2-4-16(5-11)20-10-15(19)8-12-6-13(17)9-14(18)7-12/h2-7,9H,8,10H2,1H3. The molecule has 104 valence electrons. The lowest BCUT2D eigenvalue weighted by molar-refractivity contribution is -0.116. The Kier molecular flexibility index (Phi) is 5.38. The average Bonchev–Trinajstić information content (AvgIpc) is 2.35. The van der Waals surface area contributed by atoms with Crippen molar-refractivity contribution >= 4 is 33.5 Å². The van der Waals surface area contributed by atoms with Crippen LogP contribution in [0.15, 0.2) is 51.8 Å². The number of benzene rings is 2. The maximum absolute atomic E-state index is 13.2. The summed E-state index contributed by atoms with van der Waals surface area (Å²) in [6, 6.07) is 12.6. The summed E-state index contributed by atoms with van der Waals surface area (Å²) in [7, 11) is 0. The van der Waals surface area contributed by atoms with E-state index < -0.39 is 0 Å². The number of rotatable bonds is 5. The van der Waals surface area contributed by atoms with Crippen molar-refractivity contribution in [1.82, 2.24) is 0 Å². The minimum Gasteiger partial charge on any atom is -0.298 e. The van der Waals surface area contributed by atoms with Crippen molar-refractivity contribution in [2.75, 3.05) is 5.75 Å². The van der Waals surface area contributed by atoms with Crippen molar-refractivity contribution in [2.45, 2.75) is 18.2 Å². The first kappa shape index (κ1) is 15.3. The molecule has 0 aromatic heterocycles. The van der Waals surface area contributed by atoms with Gasteiger partial charge in [0.25, 0.3) is 0 Å². The zero-order chi connectivity index (χ0) is 14.5. The molecule has 0 aliphatic heterocycles. The third kappa shape index (κ3) is 4.76. The van der Waals surface area contributed by atoms with E-state index in [4.69, 9.17) is 0 Å². The zero-order valence-electron chi connectivity index (χ0n) is 11.0. The van der Waals surface area contributed by atoms with Crippen LogP contribution in [0.4, 0.5) is 4.39 Å². The number of carbonyl (C=O) groups excluding carboxylic acids is 1. The summed E-state index contributed by atoms with van der Waals surface area (Å²) in [5.74, 6) is 0.167. The Labute approximate surface area is 130 Å². The summed E-state index contributed by atoms with van der Waals surface area (Å²) in [6.45, 7) is 2.02. The van der Waals surface area contributed by atoms with E-state index >= 15 is 0 Å². The Hall–Kier alpha value is -1.13. The first-order valence-corrected chi connectivity index (χ1v) is 7.97. The van der Waals surface area contributed by atoms with Gasteiger partial charge in [0.05, 0.1) is 5.75 Å². The van der Waals surface area contributed by atoms with Gasteiger partial charge in [0.15, 0.2) is 0 Å². The highest BCUT2D eigenvalue weighted by molar-refractivity contribution is 9.10. The van der Waals surface area contributed by atoms with E-state index in [0.717, 1.165) is 4.90 Å². The predicted molar refractivity (Wildman–Crippen MR) is 84.7 cm³/mol. The third-order valence-corrected chi connectivity index (χ3v) is 4.22. The highest BCUT2D eigenvalue weighted by Gasteiger charge is 2.07. The number of hydrogen-bond acceptors (Lipinski definition) is 2. The van der Waals surface area contributed by atoms with Gasteiger partial charge in [0.2, 0.25) is 0 Å². The van der Waals surface area contributed by atoms with Gasteiger partial charge < -0.3 is 0 Å². The van der Waals surface area contributed by atoms with Crippen molar-refractivity contribution in [3.8, 4) is 0 Å². The molecule has 0 fully saturated rings. The van der Waals surface area contributed by atoms with Gasteiger partial charge >= 0.3 is 0 Å². The van der Waals surface area contributed by atoms with Gasteiger partial charge in [-0.25, -0.2) is 4.39 Å². The molecule has 4 heteroatoms. The molecule has 0 radical (unpaired) electrons. The molecule has 2 aromatic carbocycles. The van der Waals surface area contributed by atoms with Crippen LogP contribution in [0.3, 0.4) is 0 Å². The Balaban J connectivity index is 1.92. The predicted octanol–water partition coefficient (Wildman–Crippen LogP) is 4.80. The fourth-order valence-corrected chi connectivity index (χ4v) is 3.25. The number of thioether (sulfide) groups is 1. The highest BCUT2D eigenvalue weighted by atomic mass is 79.9. The molecule has 0 aliphatic carbocycles. The quantitative estimate of drug-likeness (QED) is 0.719. The Morgan fingerprint density at radius 3 is 2.75 bits per heavy atom. The second-order valence-electron chi connectivity index (χ2n) is 4.60. The molecule has 0 unspecified atom stereocenters. The van der Waals surface area contributed by atoms with E-state index in [0.29, 0.717) is 15.8 Å². The molecule has 1 nitrogen and oxygen atoms in total. The first-order chi connectivity index (χ1) is 9.52. The molecule has 0 saturated carbocycles. The van der Waals surface area contributed by atoms with Crippen molar-refractivity contribution < 1.29 is 9.18 Å². The van der Waals surface area contributed by atoms with Gasteiger partial charge in [-0.05, 0) is 42.8 Å². The minimum absolute atomic E-state index is 0.0917. The number of ketones is 1. The largest absolute Gasteiger partial charge is 0.298 e. The monoisotopic (exact) mass is 352 g/mol. The topological polar surface area (TPSA) is 17.1 Å². The first-order valence-electron chi connectivity index (χ1n) is 6.19. The van der Waals surface area contributed by atoms with E-state index in [1.807, 2.05) is 25.1 Å². The van der Waals surface area contributed by atoms with Gasteiger partial charge in [-0.15, -0.1) is 11.8 Å². The molecular weight excluding hydrogens is 339 g/mol. The smallest absolute Gasteiger partial charge is 0.147 e. The minimum atomic E-state index is -0.325. The molecule has 0 spiro atoms. The second-order valence-corrected chi connectivity index (χ2v) is 6.56. The van der Waals surface area contributed by atoms with Gasteiger partial charge in [-0.1, -0.05) is 33.6 Å². The van der Waals surface area contributed by atoms with Crippen molar-refractivity contribution in [3.05, 3.63) is 63.9 Å². The van der Waals surface area contributed by atoms with Crippen molar-refractivity contribution in [1.29, 1.82) is 0 Å². The zero-order valence-corrected chi connectivity index (χ0v) is 13.4. The van der Waals surface area contributed by atoms with Crippen LogP contribution in [-0.2, 0) is 11.2 Å². The van der Waals surface area contributed by atoms with E-state index in [-0.39, 0.29) is 18.0 Å². The van der Waals surface area contributed by atoms with Gasteiger partial charge in [-0.3, -0.25) is 4.79 Å². The summed E-state index contributed by atoms with van der Waals surface area (Å²) in [5.41, 5.74) is 1.88. The van der Waals surface area contributed by atoms with E-state index in [2.05, 4.69) is 22.0 Å². The van der Waals surface area contributed by atoms with Crippen LogP contribution in [0, 0.1) is 12.7 Å². The molecule has 0 saturated heterocycles. The Morgan fingerprint density at radius 2 is 2.05 bits per heavy atom. The van der Waals surface area contributed by atoms with E-state index in [1.165, 1.54) is 29.5 Å². The van der Waals surface area contributed by atoms with Crippen LogP contribution >= 0.6 is 27.7 Å². The molecule has 0 atom stereocenters. The van der Waals surface area contributed by atoms with Crippen LogP contribution in [-0.4, -0.2) is 11.5 Å². The fourth-order valence-electron chi connectivity index (χ4n) is 1.86. The second kappa shape index (κ2) is 7.04. The molecule has 0 amide bonds. The van der Waals surface area contributed by atoms with E-state index in [9.17, 15) is 9.18 Å². The van der Waals surface area contributed by atoms with Crippen LogP contribution in [0.25, 0.3) is 0 Å². The van der Waals surface area contributed by atoms with Crippen LogP contribution in [0.1, 0.15) is 11.1 Å². The third-order valence-electron chi connectivity index (χ3n) is 2.71. The van der Waals surface area contributed by atoms with E-state index in [1.54, 1.807) is 6.07 Å². The van der Waals surface area contributed by atoms with Crippen LogP contribution in [0.5, 0.6) is 0 Å². The number of carbonyl (C=O) groups is 1. The lowest BCUT2D eigenvalue weighted by Gasteiger charge is -2.04. The summed E-state index contributed by atoms with van der Waals surface area (Å²) in [4.78, 5) is 13.0. The number of aryl methyl sites for hydroxylation is 1. The Bertz CT molecular complexity index is 607. The summed E-state index contributed by atoms with van der Waals surface area (Å²) in [5, 5.41) is 0. The molecule has 0 N–H and O–H groups in total. The van der Waals surface area contributed by atoms with Gasteiger partial charge in [0.1, 0.15) is 11.6 Å². The molecule has 2 aromatic rings.